The maximum absolute atomic E-state index is 13.0. The summed E-state index contributed by atoms with van der Waals surface area (Å²) in [4.78, 5) is 23.2. The summed E-state index contributed by atoms with van der Waals surface area (Å²) >= 11 is 0. The smallest absolute Gasteiger partial charge is 0.347 e. The van der Waals surface area contributed by atoms with E-state index in [9.17, 15) is 27.2 Å². The molecule has 0 atom stereocenters. The molecule has 0 saturated heterocycles. The number of hydrogen-bond acceptors (Lipinski definition) is 3. The summed E-state index contributed by atoms with van der Waals surface area (Å²) in [6, 6.07) is 2.24. The Kier molecular flexibility index (Phi) is 4.67. The standard InChI is InChI=1S/C14H13F4N3O2/c1-21-12(22)5-4-11(20-21)13(23)19-7-8-2-3-9(15)6-10(8)14(16,17)18/h2-3,6H,4-5,7H2,1H3,(H,19,23). The molecule has 0 bridgehead atoms. The van der Waals surface area contributed by atoms with Gasteiger partial charge in [-0.05, 0) is 17.7 Å². The zero-order chi connectivity index (χ0) is 17.2. The predicted molar refractivity (Wildman–Crippen MR) is 72.7 cm³/mol. The maximum Gasteiger partial charge on any atom is 0.416 e. The highest BCUT2D eigenvalue weighted by atomic mass is 19.4. The topological polar surface area (TPSA) is 61.8 Å². The molecule has 0 spiro atoms. The van der Waals surface area contributed by atoms with Gasteiger partial charge in [0, 0.05) is 26.4 Å². The largest absolute Gasteiger partial charge is 0.416 e. The number of carbonyl (C=O) groups excluding carboxylic acids is 2. The number of halogens is 4. The maximum atomic E-state index is 13.0. The van der Waals surface area contributed by atoms with Crippen LogP contribution in [0.1, 0.15) is 24.0 Å². The van der Waals surface area contributed by atoms with Crippen LogP contribution < -0.4 is 5.32 Å². The molecular weight excluding hydrogens is 318 g/mol. The van der Waals surface area contributed by atoms with Crippen LogP contribution in [-0.4, -0.2) is 29.6 Å². The molecule has 1 heterocycles. The third kappa shape index (κ3) is 4.05. The van der Waals surface area contributed by atoms with E-state index in [0.29, 0.717) is 6.07 Å². The third-order valence-electron chi connectivity index (χ3n) is 3.29. The molecule has 0 saturated carbocycles. The van der Waals surface area contributed by atoms with Gasteiger partial charge in [-0.1, -0.05) is 6.07 Å². The highest BCUT2D eigenvalue weighted by molar-refractivity contribution is 6.39. The molecule has 0 unspecified atom stereocenters. The van der Waals surface area contributed by atoms with Crippen LogP contribution in [0.15, 0.2) is 23.3 Å². The minimum atomic E-state index is -4.73. The number of amides is 2. The average molecular weight is 331 g/mol. The molecule has 1 aromatic carbocycles. The predicted octanol–water partition coefficient (Wildman–Crippen LogP) is 2.07. The Morgan fingerprint density at radius 1 is 1.35 bits per heavy atom. The number of alkyl halides is 3. The first-order chi connectivity index (χ1) is 10.7. The fraction of sp³-hybridized carbons (Fsp3) is 0.357. The Morgan fingerprint density at radius 3 is 2.65 bits per heavy atom. The van der Waals surface area contributed by atoms with Crippen LogP contribution in [0.2, 0.25) is 0 Å². The van der Waals surface area contributed by atoms with E-state index in [1.165, 1.54) is 7.05 Å². The van der Waals surface area contributed by atoms with Crippen molar-refractivity contribution in [2.24, 2.45) is 5.10 Å². The van der Waals surface area contributed by atoms with E-state index < -0.39 is 30.0 Å². The normalized spacial score (nSPS) is 15.4. The SMILES string of the molecule is CN1N=C(C(=O)NCc2ccc(F)cc2C(F)(F)F)CCC1=O. The van der Waals surface area contributed by atoms with E-state index in [4.69, 9.17) is 0 Å². The second-order valence-corrected chi connectivity index (χ2v) is 4.95. The molecule has 124 valence electrons. The molecule has 0 aromatic heterocycles. The first-order valence-electron chi connectivity index (χ1n) is 6.66. The number of carbonyl (C=O) groups is 2. The first kappa shape index (κ1) is 16.9. The zero-order valence-electron chi connectivity index (χ0n) is 12.1. The molecule has 1 N–H and O–H groups in total. The van der Waals surface area contributed by atoms with Gasteiger partial charge in [0.1, 0.15) is 11.5 Å². The van der Waals surface area contributed by atoms with Crippen LogP contribution in [0, 0.1) is 5.82 Å². The number of nitrogens with one attached hydrogen (secondary N) is 1. The Bertz CT molecular complexity index is 670. The van der Waals surface area contributed by atoms with Crippen molar-refractivity contribution < 1.29 is 27.2 Å². The highest BCUT2D eigenvalue weighted by Gasteiger charge is 2.34. The van der Waals surface area contributed by atoms with Gasteiger partial charge < -0.3 is 5.32 Å². The van der Waals surface area contributed by atoms with Crippen LogP contribution in [0.4, 0.5) is 17.6 Å². The summed E-state index contributed by atoms with van der Waals surface area (Å²) < 4.78 is 51.6. The van der Waals surface area contributed by atoms with Gasteiger partial charge in [-0.15, -0.1) is 0 Å². The fourth-order valence-corrected chi connectivity index (χ4v) is 2.08. The van der Waals surface area contributed by atoms with Crippen LogP contribution in [-0.2, 0) is 22.3 Å². The third-order valence-corrected chi connectivity index (χ3v) is 3.29. The van der Waals surface area contributed by atoms with E-state index >= 15 is 0 Å². The number of hydrazone groups is 1. The Hall–Kier alpha value is -2.45. The lowest BCUT2D eigenvalue weighted by atomic mass is 10.1. The Balaban J connectivity index is 2.11. The lowest BCUT2D eigenvalue weighted by Gasteiger charge is -2.19. The summed E-state index contributed by atoms with van der Waals surface area (Å²) in [6.07, 6.45) is -4.51. The summed E-state index contributed by atoms with van der Waals surface area (Å²) in [7, 11) is 1.39. The summed E-state index contributed by atoms with van der Waals surface area (Å²) in [6.45, 7) is -0.426. The van der Waals surface area contributed by atoms with E-state index in [0.717, 1.165) is 17.1 Å². The van der Waals surface area contributed by atoms with Gasteiger partial charge in [0.25, 0.3) is 5.91 Å². The van der Waals surface area contributed by atoms with Gasteiger partial charge in [0.2, 0.25) is 5.91 Å². The van der Waals surface area contributed by atoms with Crippen molar-refractivity contribution in [1.82, 2.24) is 10.3 Å². The molecule has 5 nitrogen and oxygen atoms in total. The summed E-state index contributed by atoms with van der Waals surface area (Å²) in [5, 5.41) is 7.08. The second kappa shape index (κ2) is 6.35. The number of hydrogen-bond donors (Lipinski definition) is 1. The van der Waals surface area contributed by atoms with Crippen molar-refractivity contribution in [1.29, 1.82) is 0 Å². The lowest BCUT2D eigenvalue weighted by molar-refractivity contribution is -0.138. The monoisotopic (exact) mass is 331 g/mol. The minimum absolute atomic E-state index is 0.0581. The number of nitrogens with zero attached hydrogens (tertiary/aromatic N) is 2. The van der Waals surface area contributed by atoms with Crippen molar-refractivity contribution >= 4 is 17.5 Å². The molecule has 0 fully saturated rings. The first-order valence-corrected chi connectivity index (χ1v) is 6.66. The molecular formula is C14H13F4N3O2. The van der Waals surface area contributed by atoms with Gasteiger partial charge in [0.05, 0.1) is 5.56 Å². The number of rotatable bonds is 3. The molecule has 0 aliphatic carbocycles. The highest BCUT2D eigenvalue weighted by Crippen LogP contribution is 2.32. The van der Waals surface area contributed by atoms with Crippen molar-refractivity contribution in [3.63, 3.8) is 0 Å². The summed E-state index contributed by atoms with van der Waals surface area (Å²) in [5.74, 6) is -1.93. The zero-order valence-corrected chi connectivity index (χ0v) is 12.1. The van der Waals surface area contributed by atoms with Crippen LogP contribution in [0.5, 0.6) is 0 Å². The minimum Gasteiger partial charge on any atom is -0.347 e. The van der Waals surface area contributed by atoms with Crippen LogP contribution in [0.3, 0.4) is 0 Å². The van der Waals surface area contributed by atoms with Gasteiger partial charge >= 0.3 is 6.18 Å². The molecule has 1 aliphatic heterocycles. The molecule has 1 aromatic rings. The Morgan fingerprint density at radius 2 is 2.04 bits per heavy atom. The molecule has 9 heteroatoms. The van der Waals surface area contributed by atoms with E-state index in [1.54, 1.807) is 0 Å². The van der Waals surface area contributed by atoms with Crippen molar-refractivity contribution in [3.8, 4) is 0 Å². The van der Waals surface area contributed by atoms with Gasteiger partial charge in [-0.3, -0.25) is 9.59 Å². The average Bonchev–Trinajstić information content (AvgIpc) is 2.47. The van der Waals surface area contributed by atoms with Gasteiger partial charge in [0.15, 0.2) is 0 Å². The molecule has 2 amide bonds. The Labute approximate surface area is 129 Å². The molecule has 1 aliphatic rings. The quantitative estimate of drug-likeness (QED) is 0.862. The molecule has 0 radical (unpaired) electrons. The van der Waals surface area contributed by atoms with E-state index in [-0.39, 0.29) is 30.0 Å². The van der Waals surface area contributed by atoms with Crippen molar-refractivity contribution in [2.45, 2.75) is 25.6 Å². The fourth-order valence-electron chi connectivity index (χ4n) is 2.08. The van der Waals surface area contributed by atoms with Crippen molar-refractivity contribution in [3.05, 3.63) is 35.1 Å². The molecule has 2 rings (SSSR count). The van der Waals surface area contributed by atoms with Crippen molar-refractivity contribution in [2.75, 3.05) is 7.05 Å². The van der Waals surface area contributed by atoms with E-state index in [2.05, 4.69) is 10.4 Å². The van der Waals surface area contributed by atoms with E-state index in [1.807, 2.05) is 0 Å². The second-order valence-electron chi connectivity index (χ2n) is 4.95. The van der Waals surface area contributed by atoms with Crippen LogP contribution >= 0.6 is 0 Å². The van der Waals surface area contributed by atoms with Gasteiger partial charge in [-0.25, -0.2) is 9.40 Å². The lowest BCUT2D eigenvalue weighted by Crippen LogP contribution is -2.37. The van der Waals surface area contributed by atoms with Crippen LogP contribution in [0.25, 0.3) is 0 Å². The molecule has 23 heavy (non-hydrogen) atoms. The summed E-state index contributed by atoms with van der Waals surface area (Å²) in [5.41, 5.74) is -1.34. The number of benzene rings is 1. The van der Waals surface area contributed by atoms with Gasteiger partial charge in [-0.2, -0.15) is 18.3 Å².